The van der Waals surface area contributed by atoms with Crippen LogP contribution < -0.4 is 4.74 Å². The molecule has 1 aliphatic carbocycles. The molecule has 0 heterocycles. The van der Waals surface area contributed by atoms with Crippen molar-refractivity contribution in [1.82, 2.24) is 4.90 Å². The summed E-state index contributed by atoms with van der Waals surface area (Å²) in [6.07, 6.45) is 2.97. The third kappa shape index (κ3) is 5.58. The predicted octanol–water partition coefficient (Wildman–Crippen LogP) is 2.43. The molecule has 0 radical (unpaired) electrons. The lowest BCUT2D eigenvalue weighted by Gasteiger charge is -2.22. The van der Waals surface area contributed by atoms with Crippen LogP contribution in [0.2, 0.25) is 0 Å². The Balaban J connectivity index is 1.88. The SMILES string of the molecule is CCOC(=O)CCN(CCc1ccc(OC)cc1)C(=O)C1CC1. The zero-order valence-electron chi connectivity index (χ0n) is 13.9. The number of carbonyl (C=O) groups excluding carboxylic acids is 2. The number of ether oxygens (including phenoxy) is 2. The summed E-state index contributed by atoms with van der Waals surface area (Å²) in [5.41, 5.74) is 1.15. The molecule has 5 heteroatoms. The highest BCUT2D eigenvalue weighted by Gasteiger charge is 2.33. The summed E-state index contributed by atoms with van der Waals surface area (Å²) >= 11 is 0. The molecule has 0 bridgehead atoms. The summed E-state index contributed by atoms with van der Waals surface area (Å²) in [7, 11) is 1.64. The first-order valence-electron chi connectivity index (χ1n) is 8.21. The third-order valence-electron chi connectivity index (χ3n) is 3.96. The topological polar surface area (TPSA) is 55.8 Å². The zero-order chi connectivity index (χ0) is 16.7. The molecular formula is C18H25NO4. The minimum atomic E-state index is -0.245. The Morgan fingerprint density at radius 3 is 2.43 bits per heavy atom. The Kier molecular flexibility index (Phi) is 6.44. The standard InChI is InChI=1S/C18H25NO4/c1-3-23-17(20)11-13-19(18(21)15-6-7-15)12-10-14-4-8-16(22-2)9-5-14/h4-5,8-9,15H,3,6-7,10-13H2,1-2H3. The highest BCUT2D eigenvalue weighted by atomic mass is 16.5. The molecule has 0 spiro atoms. The van der Waals surface area contributed by atoms with Crippen LogP contribution in [0.1, 0.15) is 31.7 Å². The lowest BCUT2D eigenvalue weighted by Crippen LogP contribution is -2.36. The van der Waals surface area contributed by atoms with E-state index in [9.17, 15) is 9.59 Å². The summed E-state index contributed by atoms with van der Waals surface area (Å²) in [4.78, 5) is 25.7. The van der Waals surface area contributed by atoms with Gasteiger partial charge in [0, 0.05) is 19.0 Å². The van der Waals surface area contributed by atoms with E-state index in [0.717, 1.165) is 30.6 Å². The van der Waals surface area contributed by atoms with Crippen LogP contribution in [0.3, 0.4) is 0 Å². The summed E-state index contributed by atoms with van der Waals surface area (Å²) in [6.45, 7) is 3.22. The molecule has 1 amide bonds. The van der Waals surface area contributed by atoms with E-state index in [1.807, 2.05) is 24.3 Å². The van der Waals surface area contributed by atoms with Crippen LogP contribution in [0.5, 0.6) is 5.75 Å². The van der Waals surface area contributed by atoms with E-state index in [1.165, 1.54) is 0 Å². The molecule has 0 aromatic heterocycles. The van der Waals surface area contributed by atoms with Gasteiger partial charge in [-0.3, -0.25) is 9.59 Å². The first-order valence-corrected chi connectivity index (χ1v) is 8.21. The van der Waals surface area contributed by atoms with Crippen LogP contribution in [-0.2, 0) is 20.7 Å². The maximum atomic E-state index is 12.4. The van der Waals surface area contributed by atoms with Crippen molar-refractivity contribution < 1.29 is 19.1 Å². The molecule has 0 aliphatic heterocycles. The van der Waals surface area contributed by atoms with E-state index in [-0.39, 0.29) is 24.2 Å². The molecule has 0 saturated heterocycles. The van der Waals surface area contributed by atoms with Crippen LogP contribution in [0.15, 0.2) is 24.3 Å². The third-order valence-corrected chi connectivity index (χ3v) is 3.96. The minimum Gasteiger partial charge on any atom is -0.497 e. The number of rotatable bonds is 9. The van der Waals surface area contributed by atoms with E-state index in [2.05, 4.69) is 0 Å². The molecule has 126 valence electrons. The predicted molar refractivity (Wildman–Crippen MR) is 87.3 cm³/mol. The molecule has 1 fully saturated rings. The first kappa shape index (κ1) is 17.3. The van der Waals surface area contributed by atoms with Gasteiger partial charge in [-0.15, -0.1) is 0 Å². The molecule has 1 aliphatic rings. The van der Waals surface area contributed by atoms with Gasteiger partial charge in [0.25, 0.3) is 0 Å². The van der Waals surface area contributed by atoms with Gasteiger partial charge in [0.15, 0.2) is 0 Å². The van der Waals surface area contributed by atoms with Crippen LogP contribution in [0.4, 0.5) is 0 Å². The van der Waals surface area contributed by atoms with E-state index in [4.69, 9.17) is 9.47 Å². The number of amides is 1. The lowest BCUT2D eigenvalue weighted by molar-refractivity contribution is -0.144. The monoisotopic (exact) mass is 319 g/mol. The molecule has 1 saturated carbocycles. The van der Waals surface area contributed by atoms with Crippen molar-refractivity contribution in [3.8, 4) is 5.75 Å². The van der Waals surface area contributed by atoms with E-state index < -0.39 is 0 Å². The van der Waals surface area contributed by atoms with Crippen molar-refractivity contribution >= 4 is 11.9 Å². The second-order valence-electron chi connectivity index (χ2n) is 5.75. The second-order valence-corrected chi connectivity index (χ2v) is 5.75. The Morgan fingerprint density at radius 2 is 1.87 bits per heavy atom. The molecule has 2 rings (SSSR count). The number of carbonyl (C=O) groups is 2. The van der Waals surface area contributed by atoms with Gasteiger partial charge in [-0.05, 0) is 43.9 Å². The zero-order valence-corrected chi connectivity index (χ0v) is 13.9. The second kappa shape index (κ2) is 8.56. The van der Waals surface area contributed by atoms with Crippen LogP contribution in [0.25, 0.3) is 0 Å². The van der Waals surface area contributed by atoms with E-state index in [0.29, 0.717) is 19.7 Å². The normalized spacial score (nSPS) is 13.5. The van der Waals surface area contributed by atoms with E-state index >= 15 is 0 Å². The number of hydrogen-bond acceptors (Lipinski definition) is 4. The Bertz CT molecular complexity index is 522. The van der Waals surface area contributed by atoms with Crippen molar-refractivity contribution in [2.24, 2.45) is 5.92 Å². The quantitative estimate of drug-likeness (QED) is 0.656. The number of hydrogen-bond donors (Lipinski definition) is 0. The minimum absolute atomic E-state index is 0.160. The Labute approximate surface area is 137 Å². The first-order chi connectivity index (χ1) is 11.1. The smallest absolute Gasteiger partial charge is 0.307 e. The molecular weight excluding hydrogens is 294 g/mol. The van der Waals surface area contributed by atoms with Gasteiger partial charge in [-0.25, -0.2) is 0 Å². The van der Waals surface area contributed by atoms with Crippen molar-refractivity contribution in [2.75, 3.05) is 26.8 Å². The van der Waals surface area contributed by atoms with Crippen LogP contribution in [0, 0.1) is 5.92 Å². The average Bonchev–Trinajstić information content (AvgIpc) is 3.40. The Hall–Kier alpha value is -2.04. The fourth-order valence-electron chi connectivity index (χ4n) is 2.44. The van der Waals surface area contributed by atoms with Crippen molar-refractivity contribution in [3.63, 3.8) is 0 Å². The van der Waals surface area contributed by atoms with Crippen LogP contribution in [-0.4, -0.2) is 43.6 Å². The number of methoxy groups -OCH3 is 1. The number of nitrogens with zero attached hydrogens (tertiary/aromatic N) is 1. The molecule has 0 atom stereocenters. The average molecular weight is 319 g/mol. The van der Waals surface area contributed by atoms with E-state index in [1.54, 1.807) is 18.9 Å². The van der Waals surface area contributed by atoms with Crippen molar-refractivity contribution in [3.05, 3.63) is 29.8 Å². The van der Waals surface area contributed by atoms with Gasteiger partial charge < -0.3 is 14.4 Å². The summed E-state index contributed by atoms with van der Waals surface area (Å²) in [5.74, 6) is 0.906. The molecule has 5 nitrogen and oxygen atoms in total. The van der Waals surface area contributed by atoms with Gasteiger partial charge in [0.2, 0.25) is 5.91 Å². The highest BCUT2D eigenvalue weighted by molar-refractivity contribution is 5.81. The molecule has 1 aromatic rings. The lowest BCUT2D eigenvalue weighted by atomic mass is 10.1. The summed E-state index contributed by atoms with van der Waals surface area (Å²) in [5, 5.41) is 0. The molecule has 23 heavy (non-hydrogen) atoms. The van der Waals surface area contributed by atoms with Crippen LogP contribution >= 0.6 is 0 Å². The molecule has 0 N–H and O–H groups in total. The Morgan fingerprint density at radius 1 is 1.17 bits per heavy atom. The fourth-order valence-corrected chi connectivity index (χ4v) is 2.44. The maximum Gasteiger partial charge on any atom is 0.307 e. The summed E-state index contributed by atoms with van der Waals surface area (Å²) in [6, 6.07) is 7.84. The van der Waals surface area contributed by atoms with Gasteiger partial charge >= 0.3 is 5.97 Å². The van der Waals surface area contributed by atoms with Gasteiger partial charge in [0.1, 0.15) is 5.75 Å². The number of benzene rings is 1. The largest absolute Gasteiger partial charge is 0.497 e. The fraction of sp³-hybridized carbons (Fsp3) is 0.556. The highest BCUT2D eigenvalue weighted by Crippen LogP contribution is 2.31. The van der Waals surface area contributed by atoms with Crippen molar-refractivity contribution in [1.29, 1.82) is 0 Å². The van der Waals surface area contributed by atoms with Gasteiger partial charge in [0.05, 0.1) is 20.1 Å². The summed E-state index contributed by atoms with van der Waals surface area (Å²) < 4.78 is 10.1. The molecule has 1 aromatic carbocycles. The molecule has 0 unspecified atom stereocenters. The number of esters is 1. The maximum absolute atomic E-state index is 12.4. The van der Waals surface area contributed by atoms with Gasteiger partial charge in [-0.2, -0.15) is 0 Å². The van der Waals surface area contributed by atoms with Crippen molar-refractivity contribution in [2.45, 2.75) is 32.6 Å². The van der Waals surface area contributed by atoms with Gasteiger partial charge in [-0.1, -0.05) is 12.1 Å².